The Labute approximate surface area is 146 Å². The second-order valence-corrected chi connectivity index (χ2v) is 6.51. The summed E-state index contributed by atoms with van der Waals surface area (Å²) in [5.41, 5.74) is 4.19. The molecule has 0 saturated heterocycles. The highest BCUT2D eigenvalue weighted by Gasteiger charge is 2.26. The topological polar surface area (TPSA) is 64.7 Å². The quantitative estimate of drug-likeness (QED) is 0.796. The fourth-order valence-corrected chi connectivity index (χ4v) is 3.44. The third kappa shape index (κ3) is 3.20. The summed E-state index contributed by atoms with van der Waals surface area (Å²) in [5.74, 6) is -0.0817. The third-order valence-corrected chi connectivity index (χ3v) is 4.71. The van der Waals surface area contributed by atoms with Gasteiger partial charge in [-0.2, -0.15) is 10.2 Å². The Morgan fingerprint density at radius 3 is 2.84 bits per heavy atom. The summed E-state index contributed by atoms with van der Waals surface area (Å²) in [7, 11) is 1.81. The van der Waals surface area contributed by atoms with Crippen molar-refractivity contribution in [3.8, 4) is 0 Å². The Balaban J connectivity index is 1.53. The highest BCUT2D eigenvalue weighted by atomic mass is 16.1. The molecule has 2 aromatic heterocycles. The van der Waals surface area contributed by atoms with Crippen molar-refractivity contribution in [2.24, 2.45) is 7.05 Å². The minimum absolute atomic E-state index is 0.0148. The average Bonchev–Trinajstić information content (AvgIpc) is 3.23. The van der Waals surface area contributed by atoms with Crippen LogP contribution in [0.25, 0.3) is 0 Å². The van der Waals surface area contributed by atoms with Gasteiger partial charge < -0.3 is 5.32 Å². The van der Waals surface area contributed by atoms with E-state index in [1.807, 2.05) is 31.4 Å². The van der Waals surface area contributed by atoms with Crippen molar-refractivity contribution < 1.29 is 4.79 Å². The van der Waals surface area contributed by atoms with E-state index in [2.05, 4.69) is 32.3 Å². The van der Waals surface area contributed by atoms with Crippen LogP contribution in [-0.2, 0) is 20.0 Å². The molecule has 1 amide bonds. The predicted octanol–water partition coefficient (Wildman–Crippen LogP) is 2.47. The number of hydrogen-bond donors (Lipinski definition) is 1. The molecule has 0 spiro atoms. The van der Waals surface area contributed by atoms with Crippen LogP contribution in [0.4, 0.5) is 0 Å². The van der Waals surface area contributed by atoms with Crippen molar-refractivity contribution in [1.82, 2.24) is 24.9 Å². The maximum Gasteiger partial charge on any atom is 0.254 e. The van der Waals surface area contributed by atoms with Crippen molar-refractivity contribution >= 4 is 5.91 Å². The van der Waals surface area contributed by atoms with Crippen LogP contribution in [0.3, 0.4) is 0 Å². The third-order valence-electron chi connectivity index (χ3n) is 4.71. The smallest absolute Gasteiger partial charge is 0.254 e. The van der Waals surface area contributed by atoms with Crippen molar-refractivity contribution in [1.29, 1.82) is 0 Å². The second kappa shape index (κ2) is 6.55. The number of rotatable bonds is 4. The van der Waals surface area contributed by atoms with E-state index in [9.17, 15) is 4.79 Å². The van der Waals surface area contributed by atoms with Crippen LogP contribution in [0.15, 0.2) is 48.9 Å². The van der Waals surface area contributed by atoms with E-state index in [1.165, 1.54) is 11.3 Å². The molecule has 0 fully saturated rings. The summed E-state index contributed by atoms with van der Waals surface area (Å²) in [5, 5.41) is 11.8. The molecule has 0 radical (unpaired) electrons. The molecule has 128 valence electrons. The van der Waals surface area contributed by atoms with Crippen molar-refractivity contribution in [2.75, 3.05) is 0 Å². The highest BCUT2D eigenvalue weighted by Crippen LogP contribution is 2.30. The normalized spacial score (nSPS) is 16.4. The lowest BCUT2D eigenvalue weighted by Gasteiger charge is -2.24. The summed E-state index contributed by atoms with van der Waals surface area (Å²) in [6, 6.07) is 10.3. The zero-order chi connectivity index (χ0) is 17.2. The van der Waals surface area contributed by atoms with Gasteiger partial charge >= 0.3 is 0 Å². The first kappa shape index (κ1) is 15.6. The van der Waals surface area contributed by atoms with Crippen LogP contribution >= 0.6 is 0 Å². The van der Waals surface area contributed by atoms with Gasteiger partial charge in [0.05, 0.1) is 30.5 Å². The van der Waals surface area contributed by atoms with Crippen molar-refractivity contribution in [3.05, 3.63) is 71.3 Å². The Morgan fingerprint density at radius 1 is 1.24 bits per heavy atom. The average molecular weight is 335 g/mol. The molecule has 6 nitrogen and oxygen atoms in total. The van der Waals surface area contributed by atoms with Gasteiger partial charge in [-0.25, -0.2) is 0 Å². The van der Waals surface area contributed by atoms with Crippen molar-refractivity contribution in [2.45, 2.75) is 31.8 Å². The van der Waals surface area contributed by atoms with Gasteiger partial charge in [0, 0.05) is 24.5 Å². The molecular weight excluding hydrogens is 314 g/mol. The molecule has 0 aliphatic heterocycles. The first-order valence-electron chi connectivity index (χ1n) is 8.59. The number of nitrogens with zero attached hydrogens (tertiary/aromatic N) is 4. The van der Waals surface area contributed by atoms with E-state index in [1.54, 1.807) is 17.1 Å². The van der Waals surface area contributed by atoms with Crippen molar-refractivity contribution in [3.63, 3.8) is 0 Å². The summed E-state index contributed by atoms with van der Waals surface area (Å²) in [6.07, 6.45) is 8.23. The first-order valence-corrected chi connectivity index (χ1v) is 8.59. The summed E-state index contributed by atoms with van der Waals surface area (Å²) < 4.78 is 3.70. The number of amides is 1. The number of hydrogen-bond acceptors (Lipinski definition) is 3. The Morgan fingerprint density at radius 2 is 2.08 bits per heavy atom. The van der Waals surface area contributed by atoms with Gasteiger partial charge in [-0.15, -0.1) is 0 Å². The standard InChI is InChI=1S/C19H21N5O/c1-23-13-15(10-20-23)19(25)22-17-8-5-9-18-16(17)11-21-24(18)12-14-6-3-2-4-7-14/h2-4,6-7,10-11,13,17H,5,8-9,12H2,1H3,(H,22,25). The molecule has 0 bridgehead atoms. The van der Waals surface area contributed by atoms with E-state index >= 15 is 0 Å². The van der Waals surface area contributed by atoms with E-state index < -0.39 is 0 Å². The number of fused-ring (bicyclic) bond motifs is 1. The Kier molecular flexibility index (Phi) is 4.09. The number of aromatic nitrogens is 4. The lowest BCUT2D eigenvalue weighted by atomic mass is 9.92. The summed E-state index contributed by atoms with van der Waals surface area (Å²) >= 11 is 0. The van der Waals surface area contributed by atoms with Crippen LogP contribution in [0, 0.1) is 0 Å². The molecule has 1 N–H and O–H groups in total. The van der Waals surface area contributed by atoms with E-state index in [-0.39, 0.29) is 11.9 Å². The minimum Gasteiger partial charge on any atom is -0.345 e. The van der Waals surface area contributed by atoms with Gasteiger partial charge in [-0.1, -0.05) is 30.3 Å². The number of carbonyl (C=O) groups excluding carboxylic acids is 1. The number of carbonyl (C=O) groups is 1. The molecule has 4 rings (SSSR count). The molecule has 1 unspecified atom stereocenters. The van der Waals surface area contributed by atoms with Crippen LogP contribution < -0.4 is 5.32 Å². The molecule has 2 heterocycles. The minimum atomic E-state index is -0.0817. The van der Waals surface area contributed by atoms with Crippen LogP contribution in [0.2, 0.25) is 0 Å². The van der Waals surface area contributed by atoms with Gasteiger partial charge in [-0.3, -0.25) is 14.2 Å². The maximum atomic E-state index is 12.4. The van der Waals surface area contributed by atoms with Gasteiger partial charge in [-0.05, 0) is 24.8 Å². The zero-order valence-electron chi connectivity index (χ0n) is 14.2. The number of benzene rings is 1. The lowest BCUT2D eigenvalue weighted by molar-refractivity contribution is 0.0932. The zero-order valence-corrected chi connectivity index (χ0v) is 14.2. The molecule has 6 heteroatoms. The summed E-state index contributed by atoms with van der Waals surface area (Å²) in [4.78, 5) is 12.4. The van der Waals surface area contributed by atoms with Crippen LogP contribution in [0.5, 0.6) is 0 Å². The SMILES string of the molecule is Cn1cc(C(=O)NC2CCCc3c2cnn3Cc2ccccc2)cn1. The maximum absolute atomic E-state index is 12.4. The number of aryl methyl sites for hydroxylation is 1. The fourth-order valence-electron chi connectivity index (χ4n) is 3.44. The van der Waals surface area contributed by atoms with Gasteiger partial charge in [0.15, 0.2) is 0 Å². The van der Waals surface area contributed by atoms with Gasteiger partial charge in [0.25, 0.3) is 5.91 Å². The van der Waals surface area contributed by atoms with Crippen LogP contribution in [-0.4, -0.2) is 25.5 Å². The van der Waals surface area contributed by atoms with E-state index in [0.29, 0.717) is 5.56 Å². The fraction of sp³-hybridized carbons (Fsp3) is 0.316. The van der Waals surface area contributed by atoms with Crippen LogP contribution in [0.1, 0.15) is 46.1 Å². The second-order valence-electron chi connectivity index (χ2n) is 6.51. The molecule has 3 aromatic rings. The first-order chi connectivity index (χ1) is 12.2. The molecule has 1 aliphatic carbocycles. The Bertz CT molecular complexity index is 880. The molecule has 0 saturated carbocycles. The predicted molar refractivity (Wildman–Crippen MR) is 94.1 cm³/mol. The summed E-state index contributed by atoms with van der Waals surface area (Å²) in [6.45, 7) is 0.763. The van der Waals surface area contributed by atoms with Gasteiger partial charge in [0.2, 0.25) is 0 Å². The molecular formula is C19H21N5O. The Hall–Kier alpha value is -2.89. The molecule has 25 heavy (non-hydrogen) atoms. The molecule has 1 atom stereocenters. The lowest BCUT2D eigenvalue weighted by Crippen LogP contribution is -2.30. The largest absolute Gasteiger partial charge is 0.345 e. The van der Waals surface area contributed by atoms with E-state index in [0.717, 1.165) is 31.4 Å². The monoisotopic (exact) mass is 335 g/mol. The van der Waals surface area contributed by atoms with E-state index in [4.69, 9.17) is 0 Å². The highest BCUT2D eigenvalue weighted by molar-refractivity contribution is 5.94. The molecule has 1 aliphatic rings. The van der Waals surface area contributed by atoms with Gasteiger partial charge in [0.1, 0.15) is 0 Å². The molecule has 1 aromatic carbocycles. The number of nitrogens with one attached hydrogen (secondary N) is 1.